The van der Waals surface area contributed by atoms with E-state index in [1.165, 1.54) is 71.9 Å². The number of hydrogen-bond acceptors (Lipinski definition) is 1. The van der Waals surface area contributed by atoms with E-state index >= 15 is 0 Å². The van der Waals surface area contributed by atoms with E-state index in [1.54, 1.807) is 0 Å². The molecule has 0 fully saturated rings. The van der Waals surface area contributed by atoms with Crippen molar-refractivity contribution in [1.29, 1.82) is 0 Å². The first kappa shape index (κ1) is 28.2. The van der Waals surface area contributed by atoms with Crippen LogP contribution >= 0.6 is 0 Å². The first-order chi connectivity index (χ1) is 25.3. The Labute approximate surface area is 295 Å². The zero-order valence-corrected chi connectivity index (χ0v) is 27.8. The molecule has 2 heterocycles. The molecule has 0 bridgehead atoms. The average molecular weight is 650 g/mol. The minimum Gasteiger partial charge on any atom is -0.456 e. The predicted molar refractivity (Wildman–Crippen MR) is 212 cm³/mol. The van der Waals surface area contributed by atoms with Gasteiger partial charge in [-0.2, -0.15) is 0 Å². The molecule has 0 saturated heterocycles. The summed E-state index contributed by atoms with van der Waals surface area (Å²) in [6, 6.07) is 66.3. The number of rotatable bonds is 4. The Hall–Kier alpha value is -6.64. The lowest BCUT2D eigenvalue weighted by Crippen LogP contribution is -2.00. The van der Waals surface area contributed by atoms with Crippen LogP contribution < -0.4 is 0 Å². The quantitative estimate of drug-likeness (QED) is 0.186. The Balaban J connectivity index is 1.11. The van der Waals surface area contributed by atoms with Crippen LogP contribution in [0.3, 0.4) is 0 Å². The van der Waals surface area contributed by atoms with Gasteiger partial charge in [-0.1, -0.05) is 140 Å². The highest BCUT2D eigenvalue weighted by Crippen LogP contribution is 2.53. The standard InChI is InChI=1S/C49H31NO/c1-2-13-31(14-3-1)34-15-4-5-16-35(34)38-21-12-22-41-48(39-19-6-7-20-40(39)49(38)41)32-25-27-45-42(29-32)36-17-8-10-23-44(36)50(45)33-26-28-47-43(30-33)37-18-9-11-24-46(37)51-47/h1-30,48H. The molecular weight excluding hydrogens is 619 g/mol. The van der Waals surface area contributed by atoms with E-state index < -0.39 is 0 Å². The van der Waals surface area contributed by atoms with Crippen LogP contribution in [0.15, 0.2) is 186 Å². The fraction of sp³-hybridized carbons (Fsp3) is 0.0204. The summed E-state index contributed by atoms with van der Waals surface area (Å²) in [5.74, 6) is 0.125. The van der Waals surface area contributed by atoms with E-state index in [2.05, 4.69) is 174 Å². The largest absolute Gasteiger partial charge is 0.456 e. The number of fused-ring (bicyclic) bond motifs is 9. The predicted octanol–water partition coefficient (Wildman–Crippen LogP) is 13.2. The zero-order valence-electron chi connectivity index (χ0n) is 27.8. The smallest absolute Gasteiger partial charge is 0.135 e. The molecule has 0 spiro atoms. The molecule has 1 aliphatic rings. The maximum atomic E-state index is 6.19. The Bertz CT molecular complexity index is 2980. The molecule has 0 saturated carbocycles. The first-order valence-electron chi connectivity index (χ1n) is 17.6. The van der Waals surface area contributed by atoms with Crippen molar-refractivity contribution >= 4 is 43.7 Å². The number of furan rings is 1. The summed E-state index contributed by atoms with van der Waals surface area (Å²) in [5, 5.41) is 4.79. The van der Waals surface area contributed by atoms with Crippen LogP contribution in [0, 0.1) is 0 Å². The van der Waals surface area contributed by atoms with Crippen LogP contribution in [0.2, 0.25) is 0 Å². The van der Waals surface area contributed by atoms with E-state index in [0.717, 1.165) is 27.6 Å². The monoisotopic (exact) mass is 649 g/mol. The van der Waals surface area contributed by atoms with Gasteiger partial charge < -0.3 is 8.98 Å². The second-order valence-corrected chi connectivity index (χ2v) is 13.6. The lowest BCUT2D eigenvalue weighted by atomic mass is 9.86. The van der Waals surface area contributed by atoms with Crippen molar-refractivity contribution in [2.75, 3.05) is 0 Å². The van der Waals surface area contributed by atoms with E-state index in [1.807, 2.05) is 12.1 Å². The summed E-state index contributed by atoms with van der Waals surface area (Å²) in [7, 11) is 0. The van der Waals surface area contributed by atoms with E-state index in [4.69, 9.17) is 4.42 Å². The minimum absolute atomic E-state index is 0.125. The van der Waals surface area contributed by atoms with Gasteiger partial charge in [0.2, 0.25) is 0 Å². The van der Waals surface area contributed by atoms with Gasteiger partial charge in [-0.15, -0.1) is 0 Å². The van der Waals surface area contributed by atoms with Crippen molar-refractivity contribution in [2.45, 2.75) is 5.92 Å². The summed E-state index contributed by atoms with van der Waals surface area (Å²) in [5.41, 5.74) is 17.1. The van der Waals surface area contributed by atoms with Crippen molar-refractivity contribution in [3.8, 4) is 39.1 Å². The van der Waals surface area contributed by atoms with Crippen molar-refractivity contribution < 1.29 is 4.42 Å². The Kier molecular flexibility index (Phi) is 6.05. The highest BCUT2D eigenvalue weighted by molar-refractivity contribution is 6.11. The van der Waals surface area contributed by atoms with Crippen molar-refractivity contribution in [2.24, 2.45) is 0 Å². The van der Waals surface area contributed by atoms with Gasteiger partial charge in [0.15, 0.2) is 0 Å². The fourth-order valence-corrected chi connectivity index (χ4v) is 8.73. The van der Waals surface area contributed by atoms with Crippen LogP contribution in [0.5, 0.6) is 0 Å². The Morgan fingerprint density at radius 2 is 1.06 bits per heavy atom. The average Bonchev–Trinajstić information content (AvgIpc) is 3.85. The molecule has 51 heavy (non-hydrogen) atoms. The molecule has 8 aromatic carbocycles. The summed E-state index contributed by atoms with van der Waals surface area (Å²) < 4.78 is 8.59. The Morgan fingerprint density at radius 1 is 0.392 bits per heavy atom. The van der Waals surface area contributed by atoms with Crippen LogP contribution in [-0.4, -0.2) is 4.57 Å². The van der Waals surface area contributed by atoms with Gasteiger partial charge in [0.1, 0.15) is 11.2 Å². The molecule has 0 amide bonds. The maximum absolute atomic E-state index is 6.19. The molecule has 2 nitrogen and oxygen atoms in total. The lowest BCUT2D eigenvalue weighted by molar-refractivity contribution is 0.669. The molecule has 0 radical (unpaired) electrons. The summed E-state index contributed by atoms with van der Waals surface area (Å²) in [4.78, 5) is 0. The maximum Gasteiger partial charge on any atom is 0.135 e. The fourth-order valence-electron chi connectivity index (χ4n) is 8.73. The second-order valence-electron chi connectivity index (χ2n) is 13.6. The normalized spacial score (nSPS) is 13.7. The molecule has 2 aromatic heterocycles. The molecule has 0 aliphatic heterocycles. The van der Waals surface area contributed by atoms with E-state index in [0.29, 0.717) is 0 Å². The number of benzene rings is 8. The van der Waals surface area contributed by atoms with E-state index in [9.17, 15) is 0 Å². The molecule has 238 valence electrons. The summed E-state index contributed by atoms with van der Waals surface area (Å²) >= 11 is 0. The van der Waals surface area contributed by atoms with Crippen molar-refractivity contribution in [3.63, 3.8) is 0 Å². The molecule has 1 aliphatic carbocycles. The third-order valence-corrected chi connectivity index (χ3v) is 10.9. The first-order valence-corrected chi connectivity index (χ1v) is 17.6. The van der Waals surface area contributed by atoms with Gasteiger partial charge >= 0.3 is 0 Å². The number of aromatic nitrogens is 1. The SMILES string of the molecule is c1ccc(-c2ccccc2-c2cccc3c2-c2ccccc2C3c2ccc3c(c2)c2ccccc2n3-c2ccc3oc4ccccc4c3c2)cc1. The van der Waals surface area contributed by atoms with Gasteiger partial charge in [-0.25, -0.2) is 0 Å². The highest BCUT2D eigenvalue weighted by atomic mass is 16.3. The van der Waals surface area contributed by atoms with Crippen LogP contribution in [-0.2, 0) is 0 Å². The highest BCUT2D eigenvalue weighted by Gasteiger charge is 2.32. The third kappa shape index (κ3) is 4.17. The van der Waals surface area contributed by atoms with Gasteiger partial charge in [0.25, 0.3) is 0 Å². The number of hydrogen-bond donors (Lipinski definition) is 0. The summed E-state index contributed by atoms with van der Waals surface area (Å²) in [6.07, 6.45) is 0. The molecule has 11 rings (SSSR count). The van der Waals surface area contributed by atoms with Gasteiger partial charge in [-0.05, 0) is 92.5 Å². The zero-order chi connectivity index (χ0) is 33.5. The summed E-state index contributed by atoms with van der Waals surface area (Å²) in [6.45, 7) is 0. The molecule has 2 heteroatoms. The lowest BCUT2D eigenvalue weighted by Gasteiger charge is -2.17. The number of para-hydroxylation sites is 2. The molecule has 1 atom stereocenters. The molecule has 10 aromatic rings. The van der Waals surface area contributed by atoms with Crippen LogP contribution in [0.1, 0.15) is 22.6 Å². The second kappa shape index (κ2) is 10.9. The van der Waals surface area contributed by atoms with E-state index in [-0.39, 0.29) is 5.92 Å². The molecule has 0 N–H and O–H groups in total. The number of nitrogens with zero attached hydrogens (tertiary/aromatic N) is 1. The van der Waals surface area contributed by atoms with Crippen LogP contribution in [0.25, 0.3) is 82.8 Å². The van der Waals surface area contributed by atoms with Gasteiger partial charge in [0, 0.05) is 33.2 Å². The van der Waals surface area contributed by atoms with Crippen molar-refractivity contribution in [3.05, 3.63) is 199 Å². The third-order valence-electron chi connectivity index (χ3n) is 10.9. The molecular formula is C49H31NO. The van der Waals surface area contributed by atoms with Gasteiger partial charge in [-0.3, -0.25) is 0 Å². The Morgan fingerprint density at radius 3 is 1.96 bits per heavy atom. The minimum atomic E-state index is 0.125. The van der Waals surface area contributed by atoms with Crippen molar-refractivity contribution in [1.82, 2.24) is 4.57 Å². The molecule has 1 unspecified atom stereocenters. The van der Waals surface area contributed by atoms with Gasteiger partial charge in [0.05, 0.1) is 11.0 Å². The van der Waals surface area contributed by atoms with Crippen LogP contribution in [0.4, 0.5) is 0 Å². The topological polar surface area (TPSA) is 18.1 Å².